The molecule has 2 amide bonds. The van der Waals surface area contributed by atoms with Crippen LogP contribution in [0.5, 0.6) is 11.5 Å². The van der Waals surface area contributed by atoms with Crippen LogP contribution in [0.15, 0.2) is 42.5 Å². The van der Waals surface area contributed by atoms with E-state index >= 15 is 0 Å². The van der Waals surface area contributed by atoms with Gasteiger partial charge in [-0.15, -0.1) is 0 Å². The first-order valence-corrected chi connectivity index (χ1v) is 8.68. The monoisotopic (exact) mass is 388 g/mol. The fourth-order valence-electron chi connectivity index (χ4n) is 2.16. The molecule has 0 heterocycles. The number of ether oxygens (including phenoxy) is 2. The van der Waals surface area contributed by atoms with E-state index < -0.39 is 17.6 Å². The molecule has 0 saturated heterocycles. The Morgan fingerprint density at radius 1 is 1.07 bits per heavy atom. The molecule has 8 heteroatoms. The summed E-state index contributed by atoms with van der Waals surface area (Å²) in [7, 11) is 0. The van der Waals surface area contributed by atoms with Gasteiger partial charge in [-0.1, -0.05) is 6.92 Å². The summed E-state index contributed by atoms with van der Waals surface area (Å²) in [5.41, 5.74) is 0.696. The summed E-state index contributed by atoms with van der Waals surface area (Å²) < 4.78 is 23.7. The van der Waals surface area contributed by atoms with Gasteiger partial charge in [-0.2, -0.15) is 0 Å². The van der Waals surface area contributed by atoms with Crippen molar-refractivity contribution in [3.05, 3.63) is 53.8 Å². The van der Waals surface area contributed by atoms with E-state index in [1.807, 2.05) is 6.92 Å². The number of nitrogens with one attached hydrogen (secondary N) is 2. The van der Waals surface area contributed by atoms with Gasteiger partial charge < -0.3 is 20.1 Å². The van der Waals surface area contributed by atoms with E-state index in [0.29, 0.717) is 24.3 Å². The van der Waals surface area contributed by atoms with Crippen LogP contribution in [-0.2, 0) is 9.59 Å². The summed E-state index contributed by atoms with van der Waals surface area (Å²) in [6.07, 6.45) is 1.45. The average molecular weight is 388 g/mol. The van der Waals surface area contributed by atoms with E-state index in [4.69, 9.17) is 9.47 Å². The number of carbonyl (C=O) groups is 3. The number of aldehydes is 1. The second-order valence-corrected chi connectivity index (χ2v) is 5.79. The summed E-state index contributed by atoms with van der Waals surface area (Å²) >= 11 is 0. The van der Waals surface area contributed by atoms with Crippen LogP contribution in [0.25, 0.3) is 0 Å². The van der Waals surface area contributed by atoms with E-state index in [-0.39, 0.29) is 24.5 Å². The van der Waals surface area contributed by atoms with Crippen LogP contribution < -0.4 is 20.1 Å². The van der Waals surface area contributed by atoms with Crippen molar-refractivity contribution in [1.82, 2.24) is 5.32 Å². The lowest BCUT2D eigenvalue weighted by Gasteiger charge is -2.11. The number of hydrogen-bond acceptors (Lipinski definition) is 5. The average Bonchev–Trinajstić information content (AvgIpc) is 2.70. The Hall–Kier alpha value is -3.42. The summed E-state index contributed by atoms with van der Waals surface area (Å²) in [6.45, 7) is 1.83. The van der Waals surface area contributed by atoms with Crippen molar-refractivity contribution in [2.45, 2.75) is 13.3 Å². The third kappa shape index (κ3) is 6.71. The van der Waals surface area contributed by atoms with Gasteiger partial charge in [0.1, 0.15) is 17.3 Å². The van der Waals surface area contributed by atoms with Crippen molar-refractivity contribution in [3.8, 4) is 11.5 Å². The Morgan fingerprint density at radius 2 is 1.82 bits per heavy atom. The zero-order chi connectivity index (χ0) is 20.4. The molecule has 0 aliphatic carbocycles. The first-order valence-electron chi connectivity index (χ1n) is 8.68. The Bertz CT molecular complexity index is 824. The first-order chi connectivity index (χ1) is 13.5. The van der Waals surface area contributed by atoms with Gasteiger partial charge in [0.25, 0.3) is 5.91 Å². The molecule has 0 atom stereocenters. The maximum Gasteiger partial charge on any atom is 0.258 e. The quantitative estimate of drug-likeness (QED) is 0.610. The van der Waals surface area contributed by atoms with Crippen molar-refractivity contribution in [3.63, 3.8) is 0 Å². The third-order valence-electron chi connectivity index (χ3n) is 3.52. The molecule has 2 rings (SSSR count). The second kappa shape index (κ2) is 10.7. The van der Waals surface area contributed by atoms with Crippen LogP contribution in [0.1, 0.15) is 23.7 Å². The zero-order valence-corrected chi connectivity index (χ0v) is 15.4. The molecule has 0 aliphatic heterocycles. The largest absolute Gasteiger partial charge is 0.493 e. The number of carbonyl (C=O) groups excluding carboxylic acids is 3. The summed E-state index contributed by atoms with van der Waals surface area (Å²) in [5, 5.41) is 4.92. The van der Waals surface area contributed by atoms with Gasteiger partial charge in [0.05, 0.1) is 18.7 Å². The van der Waals surface area contributed by atoms with Crippen molar-refractivity contribution < 1.29 is 28.2 Å². The first kappa shape index (κ1) is 20.9. The highest BCUT2D eigenvalue weighted by molar-refractivity contribution is 5.94. The number of amides is 2. The molecule has 0 unspecified atom stereocenters. The predicted octanol–water partition coefficient (Wildman–Crippen LogP) is 2.56. The van der Waals surface area contributed by atoms with Gasteiger partial charge in [-0.3, -0.25) is 14.4 Å². The van der Waals surface area contributed by atoms with Gasteiger partial charge in [0, 0.05) is 11.8 Å². The summed E-state index contributed by atoms with van der Waals surface area (Å²) in [4.78, 5) is 34.8. The molecule has 28 heavy (non-hydrogen) atoms. The second-order valence-electron chi connectivity index (χ2n) is 5.79. The van der Waals surface area contributed by atoms with Crippen LogP contribution in [-0.4, -0.2) is 37.9 Å². The molecule has 2 N–H and O–H groups in total. The number of hydrogen-bond donors (Lipinski definition) is 2. The predicted molar refractivity (Wildman–Crippen MR) is 101 cm³/mol. The molecular weight excluding hydrogens is 367 g/mol. The smallest absolute Gasteiger partial charge is 0.258 e. The van der Waals surface area contributed by atoms with Crippen LogP contribution in [0.3, 0.4) is 0 Å². The van der Waals surface area contributed by atoms with E-state index in [1.165, 1.54) is 30.3 Å². The minimum atomic E-state index is -0.536. The lowest BCUT2D eigenvalue weighted by atomic mass is 10.2. The maximum atomic E-state index is 12.8. The van der Waals surface area contributed by atoms with Gasteiger partial charge >= 0.3 is 0 Å². The molecular formula is C20H21FN2O5. The van der Waals surface area contributed by atoms with E-state index in [2.05, 4.69) is 10.6 Å². The highest BCUT2D eigenvalue weighted by Crippen LogP contribution is 2.24. The van der Waals surface area contributed by atoms with E-state index in [0.717, 1.165) is 6.42 Å². The van der Waals surface area contributed by atoms with Gasteiger partial charge in [0.2, 0.25) is 5.91 Å². The minimum Gasteiger partial charge on any atom is -0.493 e. The Balaban J connectivity index is 1.82. The summed E-state index contributed by atoms with van der Waals surface area (Å²) in [6, 6.07) is 9.97. The molecule has 2 aromatic rings. The Morgan fingerprint density at radius 3 is 2.50 bits per heavy atom. The molecule has 0 radical (unpaired) electrons. The number of benzene rings is 2. The fourth-order valence-corrected chi connectivity index (χ4v) is 2.16. The molecule has 0 saturated carbocycles. The third-order valence-corrected chi connectivity index (χ3v) is 3.52. The molecule has 0 bridgehead atoms. The lowest BCUT2D eigenvalue weighted by molar-refractivity contribution is -0.125. The molecule has 0 fully saturated rings. The molecule has 2 aromatic carbocycles. The van der Waals surface area contributed by atoms with Gasteiger partial charge in [-0.05, 0) is 42.8 Å². The standard InChI is InChI=1S/C20H21FN2O5/c1-2-9-27-17-8-3-14(12-24)18(10-17)28-13-20(26)22-11-19(25)23-16-6-4-15(21)5-7-16/h3-8,10,12H,2,9,11,13H2,1H3,(H,22,26)(H,23,25). The van der Waals surface area contributed by atoms with Crippen molar-refractivity contribution >= 4 is 23.8 Å². The fraction of sp³-hybridized carbons (Fsp3) is 0.250. The minimum absolute atomic E-state index is 0.217. The highest BCUT2D eigenvalue weighted by atomic mass is 19.1. The van der Waals surface area contributed by atoms with Crippen LogP contribution in [0.2, 0.25) is 0 Å². The topological polar surface area (TPSA) is 93.7 Å². The number of anilines is 1. The van der Waals surface area contributed by atoms with Crippen LogP contribution in [0.4, 0.5) is 10.1 Å². The normalized spacial score (nSPS) is 10.1. The van der Waals surface area contributed by atoms with Crippen molar-refractivity contribution in [2.75, 3.05) is 25.1 Å². The summed E-state index contributed by atoms with van der Waals surface area (Å²) in [5.74, 6) is -0.673. The zero-order valence-electron chi connectivity index (χ0n) is 15.4. The molecule has 0 aliphatic rings. The molecule has 0 spiro atoms. The molecule has 148 valence electrons. The van der Waals surface area contributed by atoms with E-state index in [1.54, 1.807) is 12.1 Å². The van der Waals surface area contributed by atoms with Gasteiger partial charge in [0.15, 0.2) is 12.9 Å². The van der Waals surface area contributed by atoms with Gasteiger partial charge in [-0.25, -0.2) is 4.39 Å². The van der Waals surface area contributed by atoms with Crippen molar-refractivity contribution in [1.29, 1.82) is 0 Å². The van der Waals surface area contributed by atoms with Crippen LogP contribution >= 0.6 is 0 Å². The number of rotatable bonds is 10. The lowest BCUT2D eigenvalue weighted by Crippen LogP contribution is -2.35. The highest BCUT2D eigenvalue weighted by Gasteiger charge is 2.10. The number of halogens is 1. The van der Waals surface area contributed by atoms with E-state index in [9.17, 15) is 18.8 Å². The Kier molecular flexibility index (Phi) is 7.95. The SMILES string of the molecule is CCCOc1ccc(C=O)c(OCC(=O)NCC(=O)Nc2ccc(F)cc2)c1. The van der Waals surface area contributed by atoms with Crippen LogP contribution in [0, 0.1) is 5.82 Å². The molecule has 7 nitrogen and oxygen atoms in total. The molecule has 0 aromatic heterocycles. The maximum absolute atomic E-state index is 12.8. The van der Waals surface area contributed by atoms with Crippen molar-refractivity contribution in [2.24, 2.45) is 0 Å². The Labute approximate surface area is 161 Å².